The number of hydrogen-bond donors (Lipinski definition) is 1. The molecule has 4 nitrogen and oxygen atoms in total. The van der Waals surface area contributed by atoms with Gasteiger partial charge in [0.25, 0.3) is 0 Å². The van der Waals surface area contributed by atoms with Crippen LogP contribution in [0.1, 0.15) is 36.2 Å². The number of aromatic amines is 1. The SMILES string of the molecule is COc1ccc(C#Cc2ccc3c(c2)OC(C)(C)c2[nH]c(-c4c(F)cccc4Cl)nc2-3)c(C(F)(F)F)c1. The number of rotatable bonds is 2. The van der Waals surface area contributed by atoms with Gasteiger partial charge in [0.2, 0.25) is 0 Å². The zero-order valence-electron chi connectivity index (χ0n) is 19.8. The minimum Gasteiger partial charge on any atom is -0.497 e. The van der Waals surface area contributed by atoms with E-state index < -0.39 is 23.2 Å². The summed E-state index contributed by atoms with van der Waals surface area (Å²) in [6.07, 6.45) is -4.59. The molecule has 9 heteroatoms. The van der Waals surface area contributed by atoms with Crippen LogP contribution in [0.15, 0.2) is 54.6 Å². The zero-order chi connectivity index (χ0) is 26.5. The number of aromatic nitrogens is 2. The van der Waals surface area contributed by atoms with Gasteiger partial charge >= 0.3 is 6.18 Å². The van der Waals surface area contributed by atoms with E-state index in [-0.39, 0.29) is 27.7 Å². The topological polar surface area (TPSA) is 47.1 Å². The van der Waals surface area contributed by atoms with Crippen LogP contribution < -0.4 is 9.47 Å². The first kappa shape index (κ1) is 24.7. The highest BCUT2D eigenvalue weighted by Crippen LogP contribution is 2.45. The minimum atomic E-state index is -4.59. The van der Waals surface area contributed by atoms with E-state index in [2.05, 4.69) is 21.8 Å². The van der Waals surface area contributed by atoms with Crippen molar-refractivity contribution in [2.75, 3.05) is 7.11 Å². The fourth-order valence-corrected chi connectivity index (χ4v) is 4.44. The van der Waals surface area contributed by atoms with Crippen LogP contribution in [-0.4, -0.2) is 17.1 Å². The van der Waals surface area contributed by atoms with E-state index in [1.807, 2.05) is 13.8 Å². The van der Waals surface area contributed by atoms with Crippen LogP contribution in [0.25, 0.3) is 22.6 Å². The maximum atomic E-state index is 14.5. The van der Waals surface area contributed by atoms with Crippen LogP contribution in [0, 0.1) is 17.7 Å². The third-order valence-corrected chi connectivity index (χ3v) is 6.30. The lowest BCUT2D eigenvalue weighted by molar-refractivity contribution is -0.137. The Morgan fingerprint density at radius 2 is 1.84 bits per heavy atom. The molecule has 0 saturated carbocycles. The summed E-state index contributed by atoms with van der Waals surface area (Å²) in [7, 11) is 1.30. The van der Waals surface area contributed by atoms with Crippen LogP contribution in [0.5, 0.6) is 11.5 Å². The first-order valence-corrected chi connectivity index (χ1v) is 11.5. The molecule has 0 aliphatic carbocycles. The van der Waals surface area contributed by atoms with Gasteiger partial charge < -0.3 is 14.5 Å². The second-order valence-electron chi connectivity index (χ2n) is 8.89. The number of hydrogen-bond acceptors (Lipinski definition) is 3. The minimum absolute atomic E-state index is 0.0909. The molecule has 1 N–H and O–H groups in total. The van der Waals surface area contributed by atoms with E-state index in [4.69, 9.17) is 21.1 Å². The Balaban J connectivity index is 1.56. The molecule has 5 rings (SSSR count). The van der Waals surface area contributed by atoms with Crippen molar-refractivity contribution >= 4 is 11.6 Å². The van der Waals surface area contributed by atoms with Gasteiger partial charge in [0, 0.05) is 16.7 Å². The smallest absolute Gasteiger partial charge is 0.417 e. The molecule has 0 saturated heterocycles. The van der Waals surface area contributed by atoms with Gasteiger partial charge in [0.15, 0.2) is 0 Å². The van der Waals surface area contributed by atoms with Crippen molar-refractivity contribution in [3.63, 3.8) is 0 Å². The van der Waals surface area contributed by atoms with E-state index in [0.717, 1.165) is 6.07 Å². The van der Waals surface area contributed by atoms with E-state index in [0.29, 0.717) is 28.3 Å². The van der Waals surface area contributed by atoms with E-state index in [9.17, 15) is 17.6 Å². The van der Waals surface area contributed by atoms with Gasteiger partial charge in [-0.3, -0.25) is 0 Å². The average molecular weight is 527 g/mol. The van der Waals surface area contributed by atoms with Gasteiger partial charge in [0.1, 0.15) is 28.7 Å². The Bertz CT molecular complexity index is 1580. The number of alkyl halides is 3. The van der Waals surface area contributed by atoms with Crippen LogP contribution in [0.2, 0.25) is 5.02 Å². The molecule has 0 fully saturated rings. The summed E-state index contributed by atoms with van der Waals surface area (Å²) in [4.78, 5) is 7.77. The van der Waals surface area contributed by atoms with Gasteiger partial charge in [-0.05, 0) is 62.4 Å². The monoisotopic (exact) mass is 526 g/mol. The summed E-state index contributed by atoms with van der Waals surface area (Å²) >= 11 is 6.24. The molecule has 4 aromatic rings. The molecule has 1 aromatic heterocycles. The second kappa shape index (κ2) is 8.86. The van der Waals surface area contributed by atoms with E-state index in [1.54, 1.807) is 24.3 Å². The van der Waals surface area contributed by atoms with Crippen molar-refractivity contribution in [3.05, 3.63) is 87.8 Å². The highest BCUT2D eigenvalue weighted by Gasteiger charge is 2.37. The lowest BCUT2D eigenvalue weighted by Gasteiger charge is -2.31. The van der Waals surface area contributed by atoms with Gasteiger partial charge in [-0.1, -0.05) is 29.5 Å². The summed E-state index contributed by atoms with van der Waals surface area (Å²) in [5.41, 5.74) is 0.527. The molecule has 0 spiro atoms. The van der Waals surface area contributed by atoms with Crippen LogP contribution >= 0.6 is 11.6 Å². The highest BCUT2D eigenvalue weighted by molar-refractivity contribution is 6.33. The zero-order valence-corrected chi connectivity index (χ0v) is 20.6. The summed E-state index contributed by atoms with van der Waals surface area (Å²) < 4.78 is 66.3. The fraction of sp³-hybridized carbons (Fsp3) is 0.179. The predicted molar refractivity (Wildman–Crippen MR) is 132 cm³/mol. The third-order valence-electron chi connectivity index (χ3n) is 5.98. The summed E-state index contributed by atoms with van der Waals surface area (Å²) in [6.45, 7) is 3.65. The van der Waals surface area contributed by atoms with Crippen LogP contribution in [0.3, 0.4) is 0 Å². The van der Waals surface area contributed by atoms with E-state index >= 15 is 0 Å². The number of halogens is 5. The fourth-order valence-electron chi connectivity index (χ4n) is 4.19. The van der Waals surface area contributed by atoms with Crippen molar-refractivity contribution in [2.45, 2.75) is 25.6 Å². The molecule has 188 valence electrons. The molecule has 0 radical (unpaired) electrons. The van der Waals surface area contributed by atoms with Crippen molar-refractivity contribution in [1.29, 1.82) is 0 Å². The predicted octanol–water partition coefficient (Wildman–Crippen LogP) is 7.59. The number of benzene rings is 3. The molecular formula is C28H19ClF4N2O2. The largest absolute Gasteiger partial charge is 0.497 e. The number of nitrogens with one attached hydrogen (secondary N) is 1. The molecule has 37 heavy (non-hydrogen) atoms. The maximum Gasteiger partial charge on any atom is 0.417 e. The maximum absolute atomic E-state index is 14.5. The Morgan fingerprint density at radius 3 is 2.54 bits per heavy atom. The van der Waals surface area contributed by atoms with Gasteiger partial charge in [0.05, 0.1) is 34.6 Å². The van der Waals surface area contributed by atoms with Crippen molar-refractivity contribution in [3.8, 4) is 46.0 Å². The number of ether oxygens (including phenoxy) is 2. The normalized spacial score (nSPS) is 13.6. The van der Waals surface area contributed by atoms with Crippen LogP contribution in [0.4, 0.5) is 17.6 Å². The standard InChI is InChI=1S/C28H19ClF4N2O2/c1-27(2)25-24(34-26(35-25)23-20(29)5-4-6-21(23)30)18-12-8-15(13-22(18)37-27)7-9-16-10-11-17(36-3)14-19(16)28(31,32)33/h4-6,8,10-14H,1-3H3,(H,34,35). The molecule has 0 bridgehead atoms. The third kappa shape index (κ3) is 4.51. The van der Waals surface area contributed by atoms with Crippen molar-refractivity contribution in [2.24, 2.45) is 0 Å². The average Bonchev–Trinajstić information content (AvgIpc) is 3.28. The first-order chi connectivity index (χ1) is 17.5. The molecule has 2 heterocycles. The van der Waals surface area contributed by atoms with Crippen molar-refractivity contribution in [1.82, 2.24) is 9.97 Å². The number of H-pyrrole nitrogens is 1. The molecule has 1 aliphatic heterocycles. The lowest BCUT2D eigenvalue weighted by atomic mass is 9.94. The number of nitrogens with zero attached hydrogens (tertiary/aromatic N) is 1. The summed E-state index contributed by atoms with van der Waals surface area (Å²) in [6, 6.07) is 13.0. The van der Waals surface area contributed by atoms with Crippen molar-refractivity contribution < 1.29 is 27.0 Å². The Kier molecular flexibility index (Phi) is 5.92. The number of methoxy groups -OCH3 is 1. The van der Waals surface area contributed by atoms with Crippen LogP contribution in [-0.2, 0) is 11.8 Å². The molecule has 3 aromatic carbocycles. The Hall–Kier alpha value is -3.96. The summed E-state index contributed by atoms with van der Waals surface area (Å²) in [5, 5.41) is 0.215. The van der Waals surface area contributed by atoms with Gasteiger partial charge in [-0.15, -0.1) is 0 Å². The highest BCUT2D eigenvalue weighted by atomic mass is 35.5. The molecular weight excluding hydrogens is 508 g/mol. The number of imidazole rings is 1. The Labute approximate surface area is 215 Å². The van der Waals surface area contributed by atoms with E-state index in [1.165, 1.54) is 31.4 Å². The van der Waals surface area contributed by atoms with Gasteiger partial charge in [-0.25, -0.2) is 9.37 Å². The van der Waals surface area contributed by atoms with Gasteiger partial charge in [-0.2, -0.15) is 13.2 Å². The molecule has 0 atom stereocenters. The lowest BCUT2D eigenvalue weighted by Crippen LogP contribution is -2.29. The molecule has 0 unspecified atom stereocenters. The molecule has 0 amide bonds. The molecule has 1 aliphatic rings. The Morgan fingerprint density at radius 1 is 1.05 bits per heavy atom. The number of fused-ring (bicyclic) bond motifs is 3. The summed E-state index contributed by atoms with van der Waals surface area (Å²) in [5.74, 6) is 5.70. The first-order valence-electron chi connectivity index (χ1n) is 11.1. The second-order valence-corrected chi connectivity index (χ2v) is 9.30. The quantitative estimate of drug-likeness (QED) is 0.216.